The molecule has 1 unspecified atom stereocenters. The number of rotatable bonds is 3. The van der Waals surface area contributed by atoms with Crippen molar-refractivity contribution in [1.29, 1.82) is 0 Å². The normalized spacial score (nSPS) is 22.1. The zero-order valence-electron chi connectivity index (χ0n) is 11.8. The quantitative estimate of drug-likeness (QED) is 0.650. The van der Waals surface area contributed by atoms with E-state index >= 15 is 0 Å². The smallest absolute Gasteiger partial charge is 0.0167 e. The molecule has 2 aromatic rings. The van der Waals surface area contributed by atoms with Crippen molar-refractivity contribution in [1.82, 2.24) is 0 Å². The lowest BCUT2D eigenvalue weighted by molar-refractivity contribution is 0.490. The van der Waals surface area contributed by atoms with Crippen molar-refractivity contribution in [3.63, 3.8) is 0 Å². The largest absolute Gasteiger partial charge is 0.102 e. The fourth-order valence-corrected chi connectivity index (χ4v) is 3.12. The van der Waals surface area contributed by atoms with Crippen LogP contribution in [0.5, 0.6) is 0 Å². The van der Waals surface area contributed by atoms with Gasteiger partial charge in [-0.3, -0.25) is 0 Å². The van der Waals surface area contributed by atoms with Crippen LogP contribution in [0.3, 0.4) is 0 Å². The summed E-state index contributed by atoms with van der Waals surface area (Å²) in [6.07, 6.45) is 7.84. The van der Waals surface area contributed by atoms with Gasteiger partial charge in [-0.2, -0.15) is 0 Å². The molecule has 0 nitrogen and oxygen atoms in total. The van der Waals surface area contributed by atoms with Gasteiger partial charge in [0.25, 0.3) is 0 Å². The van der Waals surface area contributed by atoms with E-state index in [0.29, 0.717) is 0 Å². The van der Waals surface area contributed by atoms with Crippen LogP contribution in [-0.4, -0.2) is 0 Å². The van der Waals surface area contributed by atoms with Crippen molar-refractivity contribution in [2.45, 2.75) is 24.7 Å². The molecule has 0 amide bonds. The minimum atomic E-state index is 0.111. The maximum Gasteiger partial charge on any atom is 0.0167 e. The maximum atomic E-state index is 4.10. The zero-order valence-corrected chi connectivity index (χ0v) is 11.8. The fourth-order valence-electron chi connectivity index (χ4n) is 3.12. The van der Waals surface area contributed by atoms with Crippen LogP contribution in [0.4, 0.5) is 0 Å². The lowest BCUT2D eigenvalue weighted by atomic mass is 9.69. The lowest BCUT2D eigenvalue weighted by Gasteiger charge is -2.34. The molecule has 0 N–H and O–H groups in total. The highest BCUT2D eigenvalue weighted by atomic mass is 14.3. The first kappa shape index (κ1) is 12.9. The summed E-state index contributed by atoms with van der Waals surface area (Å²) in [7, 11) is 0. The van der Waals surface area contributed by atoms with E-state index < -0.39 is 0 Å². The average molecular weight is 260 g/mol. The third-order valence-electron chi connectivity index (χ3n) is 4.44. The average Bonchev–Trinajstić information content (AvgIpc) is 2.56. The molecular weight excluding hydrogens is 240 g/mol. The molecule has 0 heterocycles. The van der Waals surface area contributed by atoms with E-state index in [1.807, 2.05) is 0 Å². The van der Waals surface area contributed by atoms with Gasteiger partial charge in [0.2, 0.25) is 0 Å². The van der Waals surface area contributed by atoms with Crippen LogP contribution in [0.1, 0.15) is 30.4 Å². The highest BCUT2D eigenvalue weighted by Gasteiger charge is 2.30. The molecule has 0 bridgehead atoms. The van der Waals surface area contributed by atoms with Gasteiger partial charge < -0.3 is 0 Å². The summed E-state index contributed by atoms with van der Waals surface area (Å²) in [5.74, 6) is 0. The van der Waals surface area contributed by atoms with Gasteiger partial charge in [-0.1, -0.05) is 72.8 Å². The highest BCUT2D eigenvalue weighted by molar-refractivity contribution is 5.67. The van der Waals surface area contributed by atoms with E-state index in [0.717, 1.165) is 19.3 Å². The predicted molar refractivity (Wildman–Crippen MR) is 86.6 cm³/mol. The van der Waals surface area contributed by atoms with Gasteiger partial charge in [0.1, 0.15) is 0 Å². The van der Waals surface area contributed by atoms with Crippen LogP contribution in [-0.2, 0) is 5.41 Å². The van der Waals surface area contributed by atoms with Crippen molar-refractivity contribution in [2.75, 3.05) is 0 Å². The number of hydrogen-bond acceptors (Lipinski definition) is 0. The summed E-state index contributed by atoms with van der Waals surface area (Å²) < 4.78 is 0. The Bertz CT molecular complexity index is 607. The first-order chi connectivity index (χ1) is 9.84. The van der Waals surface area contributed by atoms with Crippen LogP contribution in [0, 0.1) is 0 Å². The minimum Gasteiger partial charge on any atom is -0.102 e. The van der Waals surface area contributed by atoms with Crippen molar-refractivity contribution in [3.8, 4) is 0 Å². The molecule has 0 aliphatic heterocycles. The van der Waals surface area contributed by atoms with E-state index in [1.54, 1.807) is 0 Å². The number of benzene rings is 2. The Balaban J connectivity index is 1.89. The third kappa shape index (κ3) is 2.34. The number of allylic oxidation sites excluding steroid dienone is 3. The molecule has 2 aromatic carbocycles. The van der Waals surface area contributed by atoms with Gasteiger partial charge in [0.05, 0.1) is 0 Å². The molecule has 0 heteroatoms. The highest BCUT2D eigenvalue weighted by Crippen LogP contribution is 2.41. The van der Waals surface area contributed by atoms with Crippen LogP contribution < -0.4 is 0 Å². The van der Waals surface area contributed by atoms with Crippen LogP contribution >= 0.6 is 0 Å². The fraction of sp³-hybridized carbons (Fsp3) is 0.200. The van der Waals surface area contributed by atoms with Crippen LogP contribution in [0.25, 0.3) is 5.57 Å². The second-order valence-electron chi connectivity index (χ2n) is 5.53. The van der Waals surface area contributed by atoms with Crippen molar-refractivity contribution in [3.05, 3.63) is 90.5 Å². The van der Waals surface area contributed by atoms with E-state index in [9.17, 15) is 0 Å². The Kier molecular flexibility index (Phi) is 3.56. The predicted octanol–water partition coefficient (Wildman–Crippen LogP) is 5.38. The van der Waals surface area contributed by atoms with Gasteiger partial charge in [0.15, 0.2) is 0 Å². The van der Waals surface area contributed by atoms with Gasteiger partial charge in [0, 0.05) is 5.41 Å². The molecule has 1 aliphatic carbocycles. The van der Waals surface area contributed by atoms with Gasteiger partial charge in [-0.05, 0) is 36.0 Å². The molecular formula is C20H20. The van der Waals surface area contributed by atoms with Gasteiger partial charge in [-0.25, -0.2) is 0 Å². The summed E-state index contributed by atoms with van der Waals surface area (Å²) in [6, 6.07) is 21.5. The van der Waals surface area contributed by atoms with Crippen molar-refractivity contribution < 1.29 is 0 Å². The molecule has 0 saturated heterocycles. The zero-order chi connectivity index (χ0) is 13.8. The first-order valence-electron chi connectivity index (χ1n) is 7.28. The third-order valence-corrected chi connectivity index (χ3v) is 4.44. The minimum absolute atomic E-state index is 0.111. The standard InChI is InChI=1S/C20H20/c1-2-20(19-11-7-4-8-12-19)15-13-18(14-16-20)17-9-5-3-6-10-17/h2-13H,1,14-16H2. The monoisotopic (exact) mass is 260 g/mol. The topological polar surface area (TPSA) is 0 Å². The van der Waals surface area contributed by atoms with Crippen LogP contribution in [0.2, 0.25) is 0 Å². The molecule has 0 aromatic heterocycles. The Hall–Kier alpha value is -2.08. The second-order valence-corrected chi connectivity index (χ2v) is 5.53. The molecule has 0 spiro atoms. The summed E-state index contributed by atoms with van der Waals surface area (Å²) in [6.45, 7) is 4.10. The second kappa shape index (κ2) is 5.50. The van der Waals surface area contributed by atoms with E-state index in [1.165, 1.54) is 16.7 Å². The first-order valence-corrected chi connectivity index (χ1v) is 7.28. The van der Waals surface area contributed by atoms with Gasteiger partial charge >= 0.3 is 0 Å². The van der Waals surface area contributed by atoms with E-state index in [4.69, 9.17) is 0 Å². The molecule has 3 rings (SSSR count). The van der Waals surface area contributed by atoms with Crippen molar-refractivity contribution >= 4 is 5.57 Å². The maximum absolute atomic E-state index is 4.10. The Morgan fingerprint density at radius 2 is 1.55 bits per heavy atom. The number of hydrogen-bond donors (Lipinski definition) is 0. The van der Waals surface area contributed by atoms with E-state index in [2.05, 4.69) is 79.4 Å². The molecule has 1 aliphatic rings. The molecule has 20 heavy (non-hydrogen) atoms. The van der Waals surface area contributed by atoms with Crippen molar-refractivity contribution in [2.24, 2.45) is 0 Å². The Morgan fingerprint density at radius 1 is 0.900 bits per heavy atom. The molecule has 1 atom stereocenters. The molecule has 100 valence electrons. The summed E-state index contributed by atoms with van der Waals surface area (Å²) in [4.78, 5) is 0. The Labute approximate surface area is 121 Å². The van der Waals surface area contributed by atoms with Crippen LogP contribution in [0.15, 0.2) is 79.4 Å². The lowest BCUT2D eigenvalue weighted by Crippen LogP contribution is -2.25. The molecule has 0 fully saturated rings. The van der Waals surface area contributed by atoms with Gasteiger partial charge in [-0.15, -0.1) is 6.58 Å². The van der Waals surface area contributed by atoms with E-state index in [-0.39, 0.29) is 5.41 Å². The Morgan fingerprint density at radius 3 is 2.10 bits per heavy atom. The molecule has 0 radical (unpaired) electrons. The molecule has 0 saturated carbocycles. The summed E-state index contributed by atoms with van der Waals surface area (Å²) >= 11 is 0. The summed E-state index contributed by atoms with van der Waals surface area (Å²) in [5, 5.41) is 0. The summed E-state index contributed by atoms with van der Waals surface area (Å²) in [5.41, 5.74) is 4.33. The SMILES string of the molecule is C=CC1(c2ccccc2)CC=C(c2ccccc2)CC1.